The molecule has 0 bridgehead atoms. The van der Waals surface area contributed by atoms with Gasteiger partial charge in [0, 0.05) is 0 Å². The van der Waals surface area contributed by atoms with Gasteiger partial charge in [-0.25, -0.2) is 0 Å². The fraction of sp³-hybridized carbons (Fsp3) is 0.133. The summed E-state index contributed by atoms with van der Waals surface area (Å²) in [5, 5.41) is 4.13. The molecule has 0 aliphatic heterocycles. The summed E-state index contributed by atoms with van der Waals surface area (Å²) in [5.41, 5.74) is 1.17. The summed E-state index contributed by atoms with van der Waals surface area (Å²) in [4.78, 5) is 0. The summed E-state index contributed by atoms with van der Waals surface area (Å²) in [6.07, 6.45) is 0. The van der Waals surface area contributed by atoms with E-state index in [0.29, 0.717) is 6.61 Å². The van der Waals surface area contributed by atoms with Crippen molar-refractivity contribution in [2.75, 3.05) is 6.61 Å². The van der Waals surface area contributed by atoms with E-state index in [1.807, 2.05) is 0 Å². The molecule has 0 radical (unpaired) electrons. The van der Waals surface area contributed by atoms with E-state index in [4.69, 9.17) is 4.74 Å². The van der Waals surface area contributed by atoms with E-state index in [2.05, 4.69) is 140 Å². The van der Waals surface area contributed by atoms with Crippen molar-refractivity contribution in [3.05, 3.63) is 131 Å². The molecule has 0 aliphatic rings. The molecule has 0 N–H and O–H groups in total. The Morgan fingerprint density at radius 2 is 0.970 bits per heavy atom. The first-order chi connectivity index (χ1) is 16.2. The molecule has 0 saturated carbocycles. The molecule has 3 heteroatoms. The van der Waals surface area contributed by atoms with Gasteiger partial charge in [-0.2, -0.15) is 0 Å². The van der Waals surface area contributed by atoms with Crippen molar-refractivity contribution in [1.29, 1.82) is 0 Å². The second kappa shape index (κ2) is 11.0. The van der Waals surface area contributed by atoms with Crippen LogP contribution in [0.5, 0.6) is 0 Å². The number of rotatable bonds is 8. The standard InChI is InChI=1S/C30H31OPSe/c1-4-31-29(25-17-9-5-10-18-25)30(33(2)3)32(26-19-11-6-12-20-26,27-21-13-7-14-22-27)28-23-15-8-16-24-28/h5-24H,4H2,1-3H3/q+2/b30-29-. The predicted molar refractivity (Wildman–Crippen MR) is 148 cm³/mol. The van der Waals surface area contributed by atoms with E-state index in [9.17, 15) is 0 Å². The Balaban J connectivity index is 2.22. The second-order valence-electron chi connectivity index (χ2n) is 7.93. The van der Waals surface area contributed by atoms with Gasteiger partial charge in [-0.1, -0.05) is 0 Å². The van der Waals surface area contributed by atoms with E-state index in [-0.39, 0.29) is 0 Å². The molecular weight excluding hydrogens is 486 g/mol. The van der Waals surface area contributed by atoms with Crippen LogP contribution in [0.4, 0.5) is 0 Å². The van der Waals surface area contributed by atoms with Crippen LogP contribution in [0.3, 0.4) is 0 Å². The van der Waals surface area contributed by atoms with E-state index in [1.165, 1.54) is 25.7 Å². The Bertz CT molecular complexity index is 1080. The van der Waals surface area contributed by atoms with Gasteiger partial charge in [0.15, 0.2) is 0 Å². The minimum atomic E-state index is -2.16. The van der Waals surface area contributed by atoms with E-state index < -0.39 is 21.2 Å². The number of benzene rings is 4. The van der Waals surface area contributed by atoms with Crippen LogP contribution >= 0.6 is 7.26 Å². The molecule has 33 heavy (non-hydrogen) atoms. The Morgan fingerprint density at radius 1 is 0.606 bits per heavy atom. The molecule has 166 valence electrons. The Labute approximate surface area is 203 Å². The molecular formula is C30H31OPSe+2. The van der Waals surface area contributed by atoms with Gasteiger partial charge in [-0.05, 0) is 0 Å². The molecule has 4 aromatic rings. The molecule has 0 amide bonds. The van der Waals surface area contributed by atoms with Crippen LogP contribution in [0, 0.1) is 0 Å². The van der Waals surface area contributed by atoms with Crippen LogP contribution in [0.1, 0.15) is 12.5 Å². The van der Waals surface area contributed by atoms with E-state index >= 15 is 0 Å². The third-order valence-corrected chi connectivity index (χ3v) is 15.3. The summed E-state index contributed by atoms with van der Waals surface area (Å²) in [6, 6.07) is 44.0. The van der Waals surface area contributed by atoms with Gasteiger partial charge in [0.2, 0.25) is 0 Å². The average molecular weight is 518 g/mol. The molecule has 0 atom stereocenters. The zero-order valence-electron chi connectivity index (χ0n) is 19.5. The van der Waals surface area contributed by atoms with Crippen LogP contribution in [0.15, 0.2) is 126 Å². The molecule has 0 heterocycles. The third-order valence-electron chi connectivity index (χ3n) is 5.64. The molecule has 0 saturated heterocycles. The van der Waals surface area contributed by atoms with Crippen molar-refractivity contribution in [1.82, 2.24) is 0 Å². The molecule has 4 rings (SSSR count). The van der Waals surface area contributed by atoms with Crippen LogP contribution in [0.2, 0.25) is 11.6 Å². The first-order valence-electron chi connectivity index (χ1n) is 11.3. The van der Waals surface area contributed by atoms with Crippen molar-refractivity contribution >= 4 is 42.8 Å². The van der Waals surface area contributed by atoms with Crippen molar-refractivity contribution in [3.63, 3.8) is 0 Å². The molecule has 0 aromatic heterocycles. The maximum atomic E-state index is 6.56. The molecule has 0 fully saturated rings. The van der Waals surface area contributed by atoms with Gasteiger partial charge in [0.25, 0.3) is 0 Å². The normalized spacial score (nSPS) is 12.4. The Kier molecular flexibility index (Phi) is 7.84. The second-order valence-corrected chi connectivity index (χ2v) is 16.2. The zero-order chi connectivity index (χ0) is 23.1. The van der Waals surface area contributed by atoms with E-state index in [1.54, 1.807) is 0 Å². The molecule has 0 aliphatic carbocycles. The van der Waals surface area contributed by atoms with Crippen molar-refractivity contribution in [2.24, 2.45) is 0 Å². The first-order valence-corrected chi connectivity index (χ1v) is 17.3. The number of ether oxygens (including phenoxy) is 1. The van der Waals surface area contributed by atoms with Gasteiger partial charge in [0.1, 0.15) is 0 Å². The summed E-state index contributed by atoms with van der Waals surface area (Å²) in [7, 11) is -2.16. The van der Waals surface area contributed by atoms with Crippen LogP contribution in [-0.2, 0) is 4.74 Å². The quantitative estimate of drug-likeness (QED) is 0.144. The SMILES string of the molecule is CCO/C(=C(\[Se+](C)C)[P+](c1ccccc1)(c1ccccc1)c1ccccc1)c1ccccc1. The molecule has 1 nitrogen and oxygen atoms in total. The molecule has 0 spiro atoms. The topological polar surface area (TPSA) is 9.23 Å². The molecule has 4 aromatic carbocycles. The predicted octanol–water partition coefficient (Wildman–Crippen LogP) is 6.68. The van der Waals surface area contributed by atoms with Gasteiger partial charge in [-0.3, -0.25) is 0 Å². The third kappa shape index (κ3) is 4.71. The summed E-state index contributed by atoms with van der Waals surface area (Å²) < 4.78 is 8.06. The fourth-order valence-electron chi connectivity index (χ4n) is 4.37. The van der Waals surface area contributed by atoms with Gasteiger partial charge in [-0.15, -0.1) is 0 Å². The van der Waals surface area contributed by atoms with E-state index in [0.717, 1.165) is 5.76 Å². The zero-order valence-corrected chi connectivity index (χ0v) is 22.1. The van der Waals surface area contributed by atoms with Gasteiger partial charge < -0.3 is 0 Å². The van der Waals surface area contributed by atoms with Crippen LogP contribution in [0.25, 0.3) is 5.76 Å². The van der Waals surface area contributed by atoms with Gasteiger partial charge in [0.05, 0.1) is 0 Å². The van der Waals surface area contributed by atoms with Crippen LogP contribution < -0.4 is 15.9 Å². The number of hydrogen-bond acceptors (Lipinski definition) is 1. The van der Waals surface area contributed by atoms with Crippen molar-refractivity contribution in [2.45, 2.75) is 18.6 Å². The summed E-state index contributed by atoms with van der Waals surface area (Å²) >= 11 is -1.21. The monoisotopic (exact) mass is 518 g/mol. The van der Waals surface area contributed by atoms with Crippen molar-refractivity contribution < 1.29 is 4.74 Å². The summed E-state index contributed by atoms with van der Waals surface area (Å²) in [6.45, 7) is 2.74. The van der Waals surface area contributed by atoms with Crippen LogP contribution in [-0.4, -0.2) is 20.5 Å². The van der Waals surface area contributed by atoms with Gasteiger partial charge >= 0.3 is 204 Å². The maximum absolute atomic E-state index is 6.56. The average Bonchev–Trinajstić information content (AvgIpc) is 2.88. The summed E-state index contributed by atoms with van der Waals surface area (Å²) in [5.74, 6) is 5.93. The molecule has 0 unspecified atom stereocenters. The Hall–Kier alpha value is -2.63. The first kappa shape index (κ1) is 23.5. The number of hydrogen-bond donors (Lipinski definition) is 0. The van der Waals surface area contributed by atoms with Crippen molar-refractivity contribution in [3.8, 4) is 0 Å². The Morgan fingerprint density at radius 3 is 1.30 bits per heavy atom. The fourth-order valence-corrected chi connectivity index (χ4v) is 15.5. The minimum absolute atomic E-state index is 0.644.